The average molecular weight is 318 g/mol. The van der Waals surface area contributed by atoms with E-state index < -0.39 is 6.10 Å². The Morgan fingerprint density at radius 1 is 1.40 bits per heavy atom. The van der Waals surface area contributed by atoms with Gasteiger partial charge in [0, 0.05) is 6.08 Å². The molecule has 1 heterocycles. The molecule has 2 aliphatic rings. The van der Waals surface area contributed by atoms with Crippen molar-refractivity contribution in [3.8, 4) is 0 Å². The number of rotatable bonds is 0. The minimum Gasteiger partial charge on any atom is -0.508 e. The van der Waals surface area contributed by atoms with E-state index >= 15 is 0 Å². The van der Waals surface area contributed by atoms with Crippen molar-refractivity contribution in [1.29, 1.82) is 0 Å². The Morgan fingerprint density at radius 2 is 2.00 bits per heavy atom. The van der Waals surface area contributed by atoms with E-state index in [1.807, 2.05) is 13.8 Å². The third-order valence-electron chi connectivity index (χ3n) is 2.80. The van der Waals surface area contributed by atoms with Gasteiger partial charge in [-0.2, -0.15) is 0 Å². The van der Waals surface area contributed by atoms with Crippen molar-refractivity contribution < 1.29 is 14.6 Å². The van der Waals surface area contributed by atoms with Crippen LogP contribution in [-0.2, 0) is 9.53 Å². The summed E-state index contributed by atoms with van der Waals surface area (Å²) in [5, 5.41) is 9.48. The Labute approximate surface area is 102 Å². The van der Waals surface area contributed by atoms with Gasteiger partial charge >= 0.3 is 5.97 Å². The molecule has 2 rings (SSSR count). The molecule has 0 fully saturated rings. The highest BCUT2D eigenvalue weighted by Gasteiger charge is 2.46. The lowest BCUT2D eigenvalue weighted by molar-refractivity contribution is -0.142. The maximum atomic E-state index is 11.3. The summed E-state index contributed by atoms with van der Waals surface area (Å²) in [5.41, 5.74) is 1.95. The number of fused-ring (bicyclic) bond motifs is 1. The van der Waals surface area contributed by atoms with Crippen molar-refractivity contribution in [2.45, 2.75) is 23.4 Å². The molecular weight excluding hydrogens is 307 g/mol. The van der Waals surface area contributed by atoms with Gasteiger partial charge in [-0.3, -0.25) is 0 Å². The van der Waals surface area contributed by atoms with Crippen LogP contribution in [0.5, 0.6) is 0 Å². The predicted molar refractivity (Wildman–Crippen MR) is 64.9 cm³/mol. The number of halogens is 1. The fraction of sp³-hybridized carbons (Fsp3) is 0.364. The zero-order chi connectivity index (χ0) is 11.2. The van der Waals surface area contributed by atoms with Crippen LogP contribution in [-0.4, -0.2) is 20.6 Å². The van der Waals surface area contributed by atoms with Crippen LogP contribution in [0.4, 0.5) is 0 Å². The summed E-state index contributed by atoms with van der Waals surface area (Å²) in [7, 11) is 0. The first-order valence-electron chi connectivity index (χ1n) is 4.62. The number of alkyl halides is 1. The first-order chi connectivity index (χ1) is 6.94. The summed E-state index contributed by atoms with van der Waals surface area (Å²) in [5.74, 6) is -0.184. The SMILES string of the molecule is CC1=CC(=O)OC2C=C(O)C=C(C)C12I. The van der Waals surface area contributed by atoms with Crippen LogP contribution in [0.15, 0.2) is 35.1 Å². The van der Waals surface area contributed by atoms with Gasteiger partial charge in [0.05, 0.1) is 0 Å². The van der Waals surface area contributed by atoms with E-state index in [-0.39, 0.29) is 15.2 Å². The van der Waals surface area contributed by atoms with Crippen molar-refractivity contribution in [3.05, 3.63) is 35.1 Å². The predicted octanol–water partition coefficient (Wildman–Crippen LogP) is 2.43. The molecule has 0 aromatic heterocycles. The summed E-state index contributed by atoms with van der Waals surface area (Å²) < 4.78 is 4.87. The first kappa shape index (κ1) is 10.7. The smallest absolute Gasteiger partial charge is 0.331 e. The number of carbonyl (C=O) groups excluding carboxylic acids is 1. The van der Waals surface area contributed by atoms with Gasteiger partial charge in [-0.25, -0.2) is 4.79 Å². The van der Waals surface area contributed by atoms with Crippen molar-refractivity contribution in [3.63, 3.8) is 0 Å². The molecule has 80 valence electrons. The minimum absolute atomic E-state index is 0.160. The second-order valence-electron chi connectivity index (χ2n) is 3.82. The van der Waals surface area contributed by atoms with E-state index in [1.54, 1.807) is 12.2 Å². The Hall–Kier alpha value is -0.780. The van der Waals surface area contributed by atoms with Crippen LogP contribution in [0.3, 0.4) is 0 Å². The number of carbonyl (C=O) groups is 1. The molecule has 0 aromatic carbocycles. The number of ether oxygens (including phenoxy) is 1. The number of aliphatic hydroxyl groups excluding tert-OH is 1. The van der Waals surface area contributed by atoms with Crippen molar-refractivity contribution >= 4 is 28.6 Å². The van der Waals surface area contributed by atoms with Gasteiger partial charge in [-0.1, -0.05) is 22.6 Å². The van der Waals surface area contributed by atoms with Gasteiger partial charge in [-0.15, -0.1) is 0 Å². The van der Waals surface area contributed by atoms with Gasteiger partial charge in [0.2, 0.25) is 0 Å². The van der Waals surface area contributed by atoms with Crippen LogP contribution in [0.25, 0.3) is 0 Å². The molecular formula is C11H11IO3. The van der Waals surface area contributed by atoms with Gasteiger partial charge in [-0.05, 0) is 37.1 Å². The highest BCUT2D eigenvalue weighted by molar-refractivity contribution is 14.1. The number of esters is 1. The van der Waals surface area contributed by atoms with E-state index in [1.165, 1.54) is 6.08 Å². The summed E-state index contributed by atoms with van der Waals surface area (Å²) in [6, 6.07) is 0. The Balaban J connectivity index is 2.55. The van der Waals surface area contributed by atoms with Crippen LogP contribution < -0.4 is 0 Å². The molecule has 0 bridgehead atoms. The van der Waals surface area contributed by atoms with Gasteiger partial charge in [0.15, 0.2) is 0 Å². The van der Waals surface area contributed by atoms with Crippen LogP contribution in [0.1, 0.15) is 13.8 Å². The second kappa shape index (κ2) is 3.37. The van der Waals surface area contributed by atoms with E-state index in [4.69, 9.17) is 4.74 Å². The fourth-order valence-electron chi connectivity index (χ4n) is 1.96. The molecule has 0 amide bonds. The van der Waals surface area contributed by atoms with Gasteiger partial charge in [0.1, 0.15) is 15.3 Å². The average Bonchev–Trinajstić information content (AvgIpc) is 2.11. The third-order valence-corrected chi connectivity index (χ3v) is 5.12. The largest absolute Gasteiger partial charge is 0.508 e. The Kier molecular flexibility index (Phi) is 2.41. The summed E-state index contributed by atoms with van der Waals surface area (Å²) in [4.78, 5) is 11.3. The molecule has 3 nitrogen and oxygen atoms in total. The number of allylic oxidation sites excluding steroid dienone is 1. The van der Waals surface area contributed by atoms with E-state index in [9.17, 15) is 9.90 Å². The molecule has 0 spiro atoms. The molecule has 1 aliphatic heterocycles. The quantitative estimate of drug-likeness (QED) is 0.424. The molecule has 0 radical (unpaired) electrons. The second-order valence-corrected chi connectivity index (χ2v) is 5.52. The zero-order valence-electron chi connectivity index (χ0n) is 8.45. The summed E-state index contributed by atoms with van der Waals surface area (Å²) >= 11 is 2.27. The van der Waals surface area contributed by atoms with E-state index in [0.717, 1.165) is 11.1 Å². The number of aliphatic hydroxyl groups is 1. The normalized spacial score (nSPS) is 34.7. The highest BCUT2D eigenvalue weighted by atomic mass is 127. The first-order valence-corrected chi connectivity index (χ1v) is 5.70. The monoisotopic (exact) mass is 318 g/mol. The Bertz CT molecular complexity index is 420. The molecule has 2 atom stereocenters. The van der Waals surface area contributed by atoms with Crippen LogP contribution in [0.2, 0.25) is 0 Å². The molecule has 0 saturated carbocycles. The fourth-order valence-corrected chi connectivity index (χ4v) is 2.58. The third kappa shape index (κ3) is 1.51. The van der Waals surface area contributed by atoms with Crippen molar-refractivity contribution in [1.82, 2.24) is 0 Å². The van der Waals surface area contributed by atoms with E-state index in [2.05, 4.69) is 22.6 Å². The van der Waals surface area contributed by atoms with Crippen LogP contribution >= 0.6 is 22.6 Å². The molecule has 0 saturated heterocycles. The molecule has 1 N–H and O–H groups in total. The summed E-state index contributed by atoms with van der Waals surface area (Å²) in [6.07, 6.45) is 4.39. The van der Waals surface area contributed by atoms with Gasteiger partial charge in [0.25, 0.3) is 0 Å². The standard InChI is InChI=1S/C11H11IO3/c1-6-3-8(13)5-9-11(6,12)7(2)4-10(14)15-9/h3-5,9,13H,1-2H3. The molecule has 1 aliphatic carbocycles. The van der Waals surface area contributed by atoms with Crippen molar-refractivity contribution in [2.24, 2.45) is 0 Å². The molecule has 0 aromatic rings. The Morgan fingerprint density at radius 3 is 2.67 bits per heavy atom. The molecule has 15 heavy (non-hydrogen) atoms. The maximum absolute atomic E-state index is 11.3. The maximum Gasteiger partial charge on any atom is 0.331 e. The lowest BCUT2D eigenvalue weighted by Crippen LogP contribution is -2.45. The number of hydrogen-bond donors (Lipinski definition) is 1. The number of hydrogen-bond acceptors (Lipinski definition) is 3. The minimum atomic E-state index is -0.402. The molecule has 2 unspecified atom stereocenters. The zero-order valence-corrected chi connectivity index (χ0v) is 10.6. The molecule has 4 heteroatoms. The van der Waals surface area contributed by atoms with Gasteiger partial charge < -0.3 is 9.84 Å². The van der Waals surface area contributed by atoms with Crippen LogP contribution in [0, 0.1) is 0 Å². The summed E-state index contributed by atoms with van der Waals surface area (Å²) in [6.45, 7) is 3.84. The lowest BCUT2D eigenvalue weighted by Gasteiger charge is -2.40. The highest BCUT2D eigenvalue weighted by Crippen LogP contribution is 2.45. The lowest BCUT2D eigenvalue weighted by atomic mass is 9.82. The van der Waals surface area contributed by atoms with Crippen molar-refractivity contribution in [2.75, 3.05) is 0 Å². The topological polar surface area (TPSA) is 46.5 Å². The van der Waals surface area contributed by atoms with E-state index in [0.29, 0.717) is 0 Å².